The first kappa shape index (κ1) is 22.8. The van der Waals surface area contributed by atoms with Crippen LogP contribution in [0, 0.1) is 0 Å². The van der Waals surface area contributed by atoms with Crippen LogP contribution in [0.15, 0.2) is 0 Å². The van der Waals surface area contributed by atoms with Gasteiger partial charge in [-0.2, -0.15) is 0 Å². The van der Waals surface area contributed by atoms with Crippen molar-refractivity contribution in [1.29, 1.82) is 0 Å². The molecule has 7 nitrogen and oxygen atoms in total. The van der Waals surface area contributed by atoms with Gasteiger partial charge in [-0.05, 0) is 32.0 Å². The topological polar surface area (TPSA) is 77.0 Å². The van der Waals surface area contributed by atoms with Gasteiger partial charge in [0.2, 0.25) is 0 Å². The summed E-state index contributed by atoms with van der Waals surface area (Å²) in [5.41, 5.74) is -0.352. The molecular formula is C10H25Cl2N2O5P. The maximum Gasteiger partial charge on any atom is 0.499 e. The van der Waals surface area contributed by atoms with E-state index in [1.54, 1.807) is 0 Å². The first-order valence-corrected chi connectivity index (χ1v) is 7.82. The van der Waals surface area contributed by atoms with Gasteiger partial charge in [0.05, 0.1) is 27.7 Å². The molecule has 0 fully saturated rings. The van der Waals surface area contributed by atoms with Crippen molar-refractivity contribution in [2.75, 3.05) is 40.9 Å². The molecule has 2 N–H and O–H groups in total. The van der Waals surface area contributed by atoms with E-state index in [2.05, 4.69) is 14.4 Å². The number of nitrogens with zero attached hydrogens (tertiary/aromatic N) is 1. The number of hydrogen-bond acceptors (Lipinski definition) is 5. The average Bonchev–Trinajstić information content (AvgIpc) is 2.22. The number of nitrogens with one attached hydrogen (secondary N) is 1. The van der Waals surface area contributed by atoms with Crippen LogP contribution in [0.25, 0.3) is 0 Å². The van der Waals surface area contributed by atoms with Crippen LogP contribution >= 0.6 is 19.6 Å². The minimum atomic E-state index is -4.15. The van der Waals surface area contributed by atoms with Crippen molar-refractivity contribution in [1.82, 2.24) is 4.84 Å². The number of quaternary nitrogens is 1. The Kier molecular flexibility index (Phi) is 10.9. The summed E-state index contributed by atoms with van der Waals surface area (Å²) in [6.45, 7) is 4.53. The third-order valence-electron chi connectivity index (χ3n) is 2.23. The third-order valence-corrected chi connectivity index (χ3v) is 3.54. The van der Waals surface area contributed by atoms with Crippen LogP contribution in [0.3, 0.4) is 0 Å². The van der Waals surface area contributed by atoms with E-state index in [0.717, 1.165) is 0 Å². The van der Waals surface area contributed by atoms with Gasteiger partial charge in [0, 0.05) is 5.54 Å². The number of phosphoric acid groups is 1. The molecule has 1 atom stereocenters. The maximum absolute atomic E-state index is 11.4. The normalized spacial score (nSPS) is 15.6. The molecule has 0 aliphatic carbocycles. The largest absolute Gasteiger partial charge is 1.00 e. The van der Waals surface area contributed by atoms with Crippen LogP contribution in [0.2, 0.25) is 0 Å². The third kappa shape index (κ3) is 13.5. The fourth-order valence-electron chi connectivity index (χ4n) is 0.900. The lowest BCUT2D eigenvalue weighted by atomic mass is 10.0. The van der Waals surface area contributed by atoms with E-state index in [1.165, 1.54) is 0 Å². The second kappa shape index (κ2) is 9.56. The number of halogens is 2. The fourth-order valence-corrected chi connectivity index (χ4v) is 1.56. The molecule has 0 saturated carbocycles. The van der Waals surface area contributed by atoms with Crippen molar-refractivity contribution in [3.8, 4) is 0 Å². The predicted molar refractivity (Wildman–Crippen MR) is 73.4 cm³/mol. The summed E-state index contributed by atoms with van der Waals surface area (Å²) in [7, 11) is 1.69. The Hall–Kier alpha value is 0.570. The van der Waals surface area contributed by atoms with Gasteiger partial charge in [-0.3, -0.25) is 4.52 Å². The van der Waals surface area contributed by atoms with E-state index >= 15 is 0 Å². The molecule has 20 heavy (non-hydrogen) atoms. The van der Waals surface area contributed by atoms with Crippen LogP contribution in [-0.2, 0) is 18.7 Å². The van der Waals surface area contributed by atoms with E-state index in [9.17, 15) is 9.46 Å². The standard InChI is InChI=1S/C10H24ClN2O5P.ClH/c1-10(2,12-11)6-8-16-18-19(14,15)17-9-7-13(3,4)5;/h12H,6-9H2,1-5H3;1H. The van der Waals surface area contributed by atoms with E-state index in [0.29, 0.717) is 17.4 Å². The Balaban J connectivity index is 0. The summed E-state index contributed by atoms with van der Waals surface area (Å²) in [6.07, 6.45) is 0.509. The quantitative estimate of drug-likeness (QED) is 0.126. The zero-order valence-corrected chi connectivity index (χ0v) is 15.0. The second-order valence-electron chi connectivity index (χ2n) is 5.94. The minimum absolute atomic E-state index is 0. The summed E-state index contributed by atoms with van der Waals surface area (Å²) in [5.74, 6) is 0. The van der Waals surface area contributed by atoms with Gasteiger partial charge in [-0.15, -0.1) is 4.67 Å². The van der Waals surface area contributed by atoms with Crippen LogP contribution in [0.4, 0.5) is 0 Å². The number of likely N-dealkylation sites (N-methyl/N-ethyl adjacent to an activating group) is 1. The summed E-state index contributed by atoms with van der Waals surface area (Å²) in [6, 6.07) is 0. The molecular weight excluding hydrogens is 330 g/mol. The highest BCUT2D eigenvalue weighted by Gasteiger charge is 2.24. The van der Waals surface area contributed by atoms with Gasteiger partial charge in [-0.1, -0.05) is 0 Å². The van der Waals surface area contributed by atoms with E-state index < -0.39 is 7.82 Å². The molecule has 0 spiro atoms. The molecule has 0 aliphatic heterocycles. The second-order valence-corrected chi connectivity index (χ2v) is 7.47. The zero-order valence-electron chi connectivity index (χ0n) is 12.6. The number of hydrogen-bond donors (Lipinski definition) is 2. The lowest BCUT2D eigenvalue weighted by Gasteiger charge is -2.24. The molecule has 0 radical (unpaired) electrons. The molecule has 0 bridgehead atoms. The number of rotatable bonds is 10. The lowest BCUT2D eigenvalue weighted by molar-refractivity contribution is -0.870. The fraction of sp³-hybridized carbons (Fsp3) is 1.00. The van der Waals surface area contributed by atoms with Gasteiger partial charge in [0.25, 0.3) is 0 Å². The van der Waals surface area contributed by atoms with Crippen molar-refractivity contribution in [3.05, 3.63) is 0 Å². The molecule has 0 saturated heterocycles. The van der Waals surface area contributed by atoms with Gasteiger partial charge >= 0.3 is 7.82 Å². The van der Waals surface area contributed by atoms with Crippen molar-refractivity contribution in [2.24, 2.45) is 0 Å². The number of phosphoric ester groups is 1. The lowest BCUT2D eigenvalue weighted by Crippen LogP contribution is -3.00. The summed E-state index contributed by atoms with van der Waals surface area (Å²) in [5, 5.41) is 0. The zero-order chi connectivity index (χ0) is 15.2. The average molecular weight is 355 g/mol. The Bertz CT molecular complexity index is 313. The van der Waals surface area contributed by atoms with Gasteiger partial charge < -0.3 is 21.8 Å². The molecule has 0 aromatic rings. The Morgan fingerprint density at radius 1 is 1.30 bits per heavy atom. The maximum atomic E-state index is 11.4. The van der Waals surface area contributed by atoms with E-state index in [-0.39, 0.29) is 31.2 Å². The van der Waals surface area contributed by atoms with Crippen LogP contribution in [-0.4, -0.2) is 55.8 Å². The highest BCUT2D eigenvalue weighted by Crippen LogP contribution is 2.43. The van der Waals surface area contributed by atoms with Crippen molar-refractivity contribution in [3.63, 3.8) is 0 Å². The predicted octanol–water partition coefficient (Wildman–Crippen LogP) is -1.33. The molecule has 0 aromatic carbocycles. The van der Waals surface area contributed by atoms with E-state index in [4.69, 9.17) is 16.3 Å². The molecule has 124 valence electrons. The van der Waals surface area contributed by atoms with Crippen molar-refractivity contribution in [2.45, 2.75) is 25.8 Å². The van der Waals surface area contributed by atoms with Gasteiger partial charge in [-0.25, -0.2) is 14.3 Å². The van der Waals surface area contributed by atoms with Crippen LogP contribution < -0.4 is 17.2 Å². The SMILES string of the molecule is CC(C)(CCOOP(=O)(O)OCC[N+](C)(C)C)NCl.[Cl-]. The molecule has 1 unspecified atom stereocenters. The van der Waals surface area contributed by atoms with Crippen LogP contribution in [0.5, 0.6) is 0 Å². The highest BCUT2D eigenvalue weighted by molar-refractivity contribution is 7.47. The summed E-state index contributed by atoms with van der Waals surface area (Å²) in [4.78, 5) is 16.6. The first-order chi connectivity index (χ1) is 8.47. The van der Waals surface area contributed by atoms with Gasteiger partial charge in [0.15, 0.2) is 0 Å². The molecule has 10 heteroatoms. The molecule has 0 heterocycles. The monoisotopic (exact) mass is 354 g/mol. The van der Waals surface area contributed by atoms with Crippen LogP contribution in [0.1, 0.15) is 20.3 Å². The molecule has 0 amide bonds. The van der Waals surface area contributed by atoms with Crippen molar-refractivity contribution >= 4 is 19.6 Å². The van der Waals surface area contributed by atoms with Crippen molar-refractivity contribution < 1.29 is 40.4 Å². The van der Waals surface area contributed by atoms with E-state index in [1.807, 2.05) is 35.0 Å². The first-order valence-electron chi connectivity index (χ1n) is 5.94. The highest BCUT2D eigenvalue weighted by atomic mass is 35.5. The van der Waals surface area contributed by atoms with Gasteiger partial charge in [0.1, 0.15) is 13.2 Å². The Morgan fingerprint density at radius 3 is 2.30 bits per heavy atom. The summed E-state index contributed by atoms with van der Waals surface area (Å²) < 4.78 is 21.2. The molecule has 0 rings (SSSR count). The molecule has 0 aliphatic rings. The summed E-state index contributed by atoms with van der Waals surface area (Å²) >= 11 is 5.50. The Labute approximate surface area is 132 Å². The molecule has 0 aromatic heterocycles. The smallest absolute Gasteiger partial charge is 0.499 e. The Morgan fingerprint density at radius 2 is 1.85 bits per heavy atom. The minimum Gasteiger partial charge on any atom is -1.00 e.